The molecule has 0 spiro atoms. The van der Waals surface area contributed by atoms with Crippen molar-refractivity contribution in [2.24, 2.45) is 0 Å². The largest absolute Gasteiger partial charge is 0.352 e. The van der Waals surface area contributed by atoms with E-state index in [0.29, 0.717) is 29.9 Å². The summed E-state index contributed by atoms with van der Waals surface area (Å²) in [6, 6.07) is 14.8. The third-order valence-corrected chi connectivity index (χ3v) is 6.12. The molecule has 2 nitrogen and oxygen atoms in total. The van der Waals surface area contributed by atoms with E-state index in [1.54, 1.807) is 30.3 Å². The zero-order valence-corrected chi connectivity index (χ0v) is 19.1. The third kappa shape index (κ3) is 5.29. The average Bonchev–Trinajstić information content (AvgIpc) is 2.86. The number of halogens is 3. The van der Waals surface area contributed by atoms with Crippen molar-refractivity contribution >= 4 is 7.85 Å². The van der Waals surface area contributed by atoms with Gasteiger partial charge in [-0.2, -0.15) is 0 Å². The fourth-order valence-electron chi connectivity index (χ4n) is 4.12. The van der Waals surface area contributed by atoms with Gasteiger partial charge >= 0.3 is 0 Å². The first kappa shape index (κ1) is 24.3. The maximum atomic E-state index is 15.0. The zero-order valence-electron chi connectivity index (χ0n) is 19.1. The van der Waals surface area contributed by atoms with Gasteiger partial charge in [0, 0.05) is 23.5 Å². The quantitative estimate of drug-likeness (QED) is 0.280. The number of hydrogen-bond acceptors (Lipinski definition) is 2. The summed E-state index contributed by atoms with van der Waals surface area (Å²) in [6.07, 6.45) is 5.47. The minimum atomic E-state index is -0.939. The Bertz CT molecular complexity index is 1150. The Morgan fingerprint density at radius 2 is 1.53 bits per heavy atom. The van der Waals surface area contributed by atoms with E-state index < -0.39 is 11.6 Å². The summed E-state index contributed by atoms with van der Waals surface area (Å²) in [7, 11) is 5.43. The molecule has 0 amide bonds. The van der Waals surface area contributed by atoms with Gasteiger partial charge in [-0.1, -0.05) is 67.0 Å². The molecule has 0 unspecified atom stereocenters. The summed E-state index contributed by atoms with van der Waals surface area (Å²) in [5.74, 6) is -2.26. The van der Waals surface area contributed by atoms with Crippen LogP contribution in [0.15, 0.2) is 66.7 Å². The standard InChI is InChI=1S/C28H26BF3O2/c1-2-3-4-5-26-33-16-22(17-34-26)20-10-12-23(25(30)14-20)18-6-8-19(9-7-18)24-13-11-21(15-29)27(31)28(24)32/h2-3,6-14,22,26H,4-5,15-17H2,1H3/b3-2+. The Morgan fingerprint density at radius 1 is 0.882 bits per heavy atom. The predicted molar refractivity (Wildman–Crippen MR) is 129 cm³/mol. The van der Waals surface area contributed by atoms with Gasteiger partial charge in [0.25, 0.3) is 0 Å². The maximum Gasteiger partial charge on any atom is 0.166 e. The van der Waals surface area contributed by atoms with E-state index in [0.717, 1.165) is 18.4 Å². The van der Waals surface area contributed by atoms with Gasteiger partial charge in [-0.05, 0) is 41.7 Å². The third-order valence-electron chi connectivity index (χ3n) is 6.12. The number of rotatable bonds is 7. The van der Waals surface area contributed by atoms with Gasteiger partial charge in [0.1, 0.15) is 5.82 Å². The Hall–Kier alpha value is -2.83. The number of hydrogen-bond donors (Lipinski definition) is 0. The molecule has 0 saturated carbocycles. The van der Waals surface area contributed by atoms with Crippen LogP contribution in [0.4, 0.5) is 13.2 Å². The van der Waals surface area contributed by atoms with E-state index in [-0.39, 0.29) is 35.5 Å². The molecule has 0 bridgehead atoms. The second-order valence-corrected chi connectivity index (χ2v) is 8.36. The Kier molecular flexibility index (Phi) is 7.91. The fourth-order valence-corrected chi connectivity index (χ4v) is 4.12. The molecule has 34 heavy (non-hydrogen) atoms. The van der Waals surface area contributed by atoms with E-state index in [9.17, 15) is 13.2 Å². The Morgan fingerprint density at radius 3 is 2.15 bits per heavy atom. The molecule has 3 aromatic rings. The number of allylic oxidation sites excluding steroid dienone is 2. The predicted octanol–water partition coefficient (Wildman–Crippen LogP) is 6.92. The van der Waals surface area contributed by atoms with Gasteiger partial charge in [-0.25, -0.2) is 13.2 Å². The minimum Gasteiger partial charge on any atom is -0.352 e. The first-order chi connectivity index (χ1) is 16.5. The summed E-state index contributed by atoms with van der Waals surface area (Å²) in [5.41, 5.74) is 2.66. The van der Waals surface area contributed by atoms with Crippen molar-refractivity contribution in [3.8, 4) is 22.3 Å². The highest BCUT2D eigenvalue weighted by Crippen LogP contribution is 2.32. The van der Waals surface area contributed by atoms with Crippen LogP contribution >= 0.6 is 0 Å². The second kappa shape index (κ2) is 11.1. The molecule has 1 aliphatic heterocycles. The molecule has 2 radical (unpaired) electrons. The van der Waals surface area contributed by atoms with Crippen LogP contribution in [0.2, 0.25) is 0 Å². The lowest BCUT2D eigenvalue weighted by Gasteiger charge is -2.29. The molecule has 174 valence electrons. The van der Waals surface area contributed by atoms with Crippen LogP contribution in [-0.4, -0.2) is 27.4 Å². The van der Waals surface area contributed by atoms with Crippen LogP contribution in [-0.2, 0) is 15.8 Å². The monoisotopic (exact) mass is 462 g/mol. The summed E-state index contributed by atoms with van der Waals surface area (Å²) in [5, 5.41) is 0. The van der Waals surface area contributed by atoms with E-state index in [1.165, 1.54) is 18.2 Å². The molecule has 3 aromatic carbocycles. The number of benzene rings is 3. The summed E-state index contributed by atoms with van der Waals surface area (Å²) < 4.78 is 55.1. The van der Waals surface area contributed by atoms with Gasteiger partial charge in [0.2, 0.25) is 0 Å². The normalized spacial score (nSPS) is 18.5. The molecule has 0 atom stereocenters. The highest BCUT2D eigenvalue weighted by molar-refractivity contribution is 6.08. The van der Waals surface area contributed by atoms with Crippen molar-refractivity contribution in [1.29, 1.82) is 0 Å². The van der Waals surface area contributed by atoms with Crippen molar-refractivity contribution < 1.29 is 22.6 Å². The van der Waals surface area contributed by atoms with Crippen molar-refractivity contribution in [3.05, 3.63) is 95.3 Å². The van der Waals surface area contributed by atoms with Crippen molar-refractivity contribution in [2.75, 3.05) is 13.2 Å². The van der Waals surface area contributed by atoms with Crippen LogP contribution in [0.1, 0.15) is 36.8 Å². The van der Waals surface area contributed by atoms with Gasteiger partial charge in [0.15, 0.2) is 17.9 Å². The average molecular weight is 462 g/mol. The maximum absolute atomic E-state index is 15.0. The molecule has 0 aromatic heterocycles. The van der Waals surface area contributed by atoms with Gasteiger partial charge in [-0.3, -0.25) is 0 Å². The first-order valence-corrected chi connectivity index (χ1v) is 11.4. The van der Waals surface area contributed by atoms with E-state index >= 15 is 0 Å². The highest BCUT2D eigenvalue weighted by atomic mass is 19.2. The molecule has 1 fully saturated rings. The van der Waals surface area contributed by atoms with Crippen LogP contribution in [0.25, 0.3) is 22.3 Å². The summed E-state index contributed by atoms with van der Waals surface area (Å²) in [4.78, 5) is 0. The van der Waals surface area contributed by atoms with E-state index in [2.05, 4.69) is 6.08 Å². The van der Waals surface area contributed by atoms with Crippen LogP contribution in [0, 0.1) is 17.5 Å². The highest BCUT2D eigenvalue weighted by Gasteiger charge is 2.24. The smallest absolute Gasteiger partial charge is 0.166 e. The summed E-state index contributed by atoms with van der Waals surface area (Å²) >= 11 is 0. The van der Waals surface area contributed by atoms with Crippen LogP contribution in [0.5, 0.6) is 0 Å². The summed E-state index contributed by atoms with van der Waals surface area (Å²) in [6.45, 7) is 2.95. The van der Waals surface area contributed by atoms with E-state index in [4.69, 9.17) is 17.3 Å². The number of ether oxygens (including phenoxy) is 2. The van der Waals surface area contributed by atoms with Crippen molar-refractivity contribution in [3.63, 3.8) is 0 Å². The molecular formula is C28H26BF3O2. The van der Waals surface area contributed by atoms with E-state index in [1.807, 2.05) is 19.1 Å². The minimum absolute atomic E-state index is 0.0294. The first-order valence-electron chi connectivity index (χ1n) is 11.4. The molecule has 0 N–H and O–H groups in total. The molecule has 1 heterocycles. The second-order valence-electron chi connectivity index (χ2n) is 8.36. The van der Waals surface area contributed by atoms with Gasteiger partial charge < -0.3 is 9.47 Å². The Labute approximate surface area is 199 Å². The lowest BCUT2D eigenvalue weighted by Crippen LogP contribution is -2.30. The Balaban J connectivity index is 1.46. The lowest BCUT2D eigenvalue weighted by atomic mass is 9.93. The topological polar surface area (TPSA) is 18.5 Å². The van der Waals surface area contributed by atoms with Crippen molar-refractivity contribution in [2.45, 2.75) is 38.3 Å². The van der Waals surface area contributed by atoms with Gasteiger partial charge in [0.05, 0.1) is 21.1 Å². The fraction of sp³-hybridized carbons (Fsp3) is 0.286. The van der Waals surface area contributed by atoms with Crippen LogP contribution < -0.4 is 0 Å². The molecular weight excluding hydrogens is 436 g/mol. The molecule has 4 rings (SSSR count). The van der Waals surface area contributed by atoms with Crippen molar-refractivity contribution in [1.82, 2.24) is 0 Å². The SMILES string of the molecule is [B]Cc1ccc(-c2ccc(-c3ccc(C4COC(CC/C=C/C)OC4)cc3F)cc2)c(F)c1F. The lowest BCUT2D eigenvalue weighted by molar-refractivity contribution is -0.189. The zero-order chi connectivity index (χ0) is 24.1. The van der Waals surface area contributed by atoms with Gasteiger partial charge in [-0.15, -0.1) is 0 Å². The molecule has 0 aliphatic carbocycles. The molecule has 1 saturated heterocycles. The molecule has 1 aliphatic rings. The van der Waals surface area contributed by atoms with Crippen LogP contribution in [0.3, 0.4) is 0 Å². The molecule has 6 heteroatoms.